The lowest BCUT2D eigenvalue weighted by Gasteiger charge is -2.20. The van der Waals surface area contributed by atoms with E-state index in [4.69, 9.17) is 0 Å². The summed E-state index contributed by atoms with van der Waals surface area (Å²) in [6.45, 7) is 3.29. The second-order valence-electron chi connectivity index (χ2n) is 6.30. The van der Waals surface area contributed by atoms with Crippen LogP contribution in [-0.2, 0) is 16.0 Å². The first-order chi connectivity index (χ1) is 12.5. The van der Waals surface area contributed by atoms with Gasteiger partial charge in [-0.3, -0.25) is 14.6 Å². The highest BCUT2D eigenvalue weighted by atomic mass is 16.2. The Hall–Kier alpha value is -3.15. The number of pyridine rings is 1. The summed E-state index contributed by atoms with van der Waals surface area (Å²) in [7, 11) is 0. The Balaban J connectivity index is 1.77. The predicted octanol–water partition coefficient (Wildman–Crippen LogP) is 2.49. The molecule has 1 aromatic carbocycles. The zero-order valence-corrected chi connectivity index (χ0v) is 14.8. The van der Waals surface area contributed by atoms with Gasteiger partial charge >= 0.3 is 0 Å². The van der Waals surface area contributed by atoms with Gasteiger partial charge in [-0.2, -0.15) is 0 Å². The number of aromatic amines is 1. The third kappa shape index (κ3) is 4.08. The average molecular weight is 350 g/mol. The number of benzene rings is 1. The summed E-state index contributed by atoms with van der Waals surface area (Å²) in [5, 5.41) is 6.74. The molecule has 0 unspecified atom stereocenters. The maximum absolute atomic E-state index is 12.8. The molecule has 0 aliphatic rings. The molecule has 0 fully saturated rings. The molecule has 2 amide bonds. The molecular weight excluding hydrogens is 328 g/mol. The predicted molar refractivity (Wildman–Crippen MR) is 100 cm³/mol. The molecule has 134 valence electrons. The molecule has 0 spiro atoms. The van der Waals surface area contributed by atoms with Crippen LogP contribution >= 0.6 is 0 Å². The number of hydrogen-bond donors (Lipinski definition) is 3. The summed E-state index contributed by atoms with van der Waals surface area (Å²) in [5.41, 5.74) is 2.76. The van der Waals surface area contributed by atoms with Gasteiger partial charge in [0.1, 0.15) is 6.04 Å². The first kappa shape index (κ1) is 17.7. The number of rotatable bonds is 6. The van der Waals surface area contributed by atoms with Gasteiger partial charge in [0.15, 0.2) is 0 Å². The summed E-state index contributed by atoms with van der Waals surface area (Å²) in [5.74, 6) is -0.473. The summed E-state index contributed by atoms with van der Waals surface area (Å²) in [4.78, 5) is 31.8. The Morgan fingerprint density at radius 3 is 2.62 bits per heavy atom. The number of fused-ring (bicyclic) bond motifs is 1. The fourth-order valence-corrected chi connectivity index (χ4v) is 3.00. The van der Waals surface area contributed by atoms with Crippen LogP contribution in [0.5, 0.6) is 0 Å². The number of para-hydroxylation sites is 1. The van der Waals surface area contributed by atoms with Crippen molar-refractivity contribution < 1.29 is 9.59 Å². The van der Waals surface area contributed by atoms with Gasteiger partial charge in [-0.15, -0.1) is 0 Å². The minimum absolute atomic E-state index is 0.233. The summed E-state index contributed by atoms with van der Waals surface area (Å²) < 4.78 is 0. The van der Waals surface area contributed by atoms with Crippen molar-refractivity contribution in [2.24, 2.45) is 0 Å². The van der Waals surface area contributed by atoms with Crippen molar-refractivity contribution in [3.63, 3.8) is 0 Å². The summed E-state index contributed by atoms with van der Waals surface area (Å²) in [6.07, 6.45) is 3.98. The molecular formula is C20H22N4O2. The van der Waals surface area contributed by atoms with Crippen molar-refractivity contribution in [1.82, 2.24) is 20.6 Å². The van der Waals surface area contributed by atoms with E-state index in [-0.39, 0.29) is 17.9 Å². The van der Waals surface area contributed by atoms with E-state index in [1.165, 1.54) is 6.92 Å². The van der Waals surface area contributed by atoms with Gasteiger partial charge < -0.3 is 15.6 Å². The van der Waals surface area contributed by atoms with E-state index in [2.05, 4.69) is 20.6 Å². The smallest absolute Gasteiger partial charge is 0.243 e. The Labute approximate surface area is 152 Å². The van der Waals surface area contributed by atoms with E-state index in [0.717, 1.165) is 22.2 Å². The fraction of sp³-hybridized carbons (Fsp3) is 0.250. The van der Waals surface area contributed by atoms with Gasteiger partial charge in [0, 0.05) is 36.6 Å². The third-order valence-electron chi connectivity index (χ3n) is 4.28. The first-order valence-electron chi connectivity index (χ1n) is 8.58. The van der Waals surface area contributed by atoms with Crippen LogP contribution in [0, 0.1) is 0 Å². The molecule has 3 aromatic rings. The van der Waals surface area contributed by atoms with Crippen LogP contribution in [0.1, 0.15) is 31.1 Å². The molecule has 0 radical (unpaired) electrons. The highest BCUT2D eigenvalue weighted by Crippen LogP contribution is 2.19. The van der Waals surface area contributed by atoms with Crippen molar-refractivity contribution in [1.29, 1.82) is 0 Å². The molecule has 0 aliphatic carbocycles. The number of nitrogens with one attached hydrogen (secondary N) is 3. The van der Waals surface area contributed by atoms with E-state index in [1.54, 1.807) is 6.20 Å². The molecule has 2 heterocycles. The lowest BCUT2D eigenvalue weighted by molar-refractivity contribution is -0.128. The van der Waals surface area contributed by atoms with Gasteiger partial charge in [-0.25, -0.2) is 0 Å². The van der Waals surface area contributed by atoms with E-state index >= 15 is 0 Å². The van der Waals surface area contributed by atoms with Crippen LogP contribution in [0.2, 0.25) is 0 Å². The molecule has 0 saturated carbocycles. The van der Waals surface area contributed by atoms with Gasteiger partial charge in [0.25, 0.3) is 0 Å². The Bertz CT molecular complexity index is 904. The fourth-order valence-electron chi connectivity index (χ4n) is 3.00. The second-order valence-corrected chi connectivity index (χ2v) is 6.30. The molecule has 2 atom stereocenters. The number of nitrogens with zero attached hydrogens (tertiary/aromatic N) is 1. The number of carbonyl (C=O) groups is 2. The average Bonchev–Trinajstić information content (AvgIpc) is 3.04. The normalized spacial score (nSPS) is 13.2. The van der Waals surface area contributed by atoms with Crippen molar-refractivity contribution in [3.05, 3.63) is 66.1 Å². The standard InChI is InChI=1S/C20H22N4O2/c1-13(17-8-5-6-10-21-17)23-20(26)19(24-14(2)25)11-15-12-22-18-9-4-3-7-16(15)18/h3-10,12-13,19,22H,11H2,1-2H3,(H,23,26)(H,24,25)/t13-,19-/m1/s1. The number of H-pyrrole nitrogens is 1. The minimum atomic E-state index is -0.655. The lowest BCUT2D eigenvalue weighted by Crippen LogP contribution is -2.48. The van der Waals surface area contributed by atoms with Gasteiger partial charge in [0.2, 0.25) is 11.8 Å². The lowest BCUT2D eigenvalue weighted by atomic mass is 10.0. The third-order valence-corrected chi connectivity index (χ3v) is 4.28. The highest BCUT2D eigenvalue weighted by molar-refractivity contribution is 5.89. The number of carbonyl (C=O) groups excluding carboxylic acids is 2. The van der Waals surface area contributed by atoms with Crippen molar-refractivity contribution in [3.8, 4) is 0 Å². The van der Waals surface area contributed by atoms with Crippen molar-refractivity contribution in [2.45, 2.75) is 32.4 Å². The Kier molecular flexibility index (Phi) is 5.31. The number of aromatic nitrogens is 2. The van der Waals surface area contributed by atoms with E-state index in [1.807, 2.05) is 55.6 Å². The van der Waals surface area contributed by atoms with Crippen molar-refractivity contribution >= 4 is 22.7 Å². The number of hydrogen-bond acceptors (Lipinski definition) is 3. The molecule has 26 heavy (non-hydrogen) atoms. The molecule has 0 saturated heterocycles. The highest BCUT2D eigenvalue weighted by Gasteiger charge is 2.23. The quantitative estimate of drug-likeness (QED) is 0.638. The van der Waals surface area contributed by atoms with E-state index in [9.17, 15) is 9.59 Å². The van der Waals surface area contributed by atoms with Gasteiger partial charge in [0.05, 0.1) is 11.7 Å². The molecule has 2 aromatic heterocycles. The molecule has 3 rings (SSSR count). The Morgan fingerprint density at radius 2 is 1.88 bits per heavy atom. The SMILES string of the molecule is CC(=O)N[C@H](Cc1c[nH]c2ccccc12)C(=O)N[C@H](C)c1ccccn1. The molecule has 0 bridgehead atoms. The minimum Gasteiger partial charge on any atom is -0.361 e. The van der Waals surface area contributed by atoms with E-state index in [0.29, 0.717) is 6.42 Å². The zero-order chi connectivity index (χ0) is 18.5. The largest absolute Gasteiger partial charge is 0.361 e. The maximum Gasteiger partial charge on any atom is 0.243 e. The van der Waals surface area contributed by atoms with Gasteiger partial charge in [-0.1, -0.05) is 24.3 Å². The second kappa shape index (κ2) is 7.82. The van der Waals surface area contributed by atoms with Crippen LogP contribution < -0.4 is 10.6 Å². The summed E-state index contributed by atoms with van der Waals surface area (Å²) in [6, 6.07) is 12.6. The van der Waals surface area contributed by atoms with Crippen LogP contribution in [0.3, 0.4) is 0 Å². The maximum atomic E-state index is 12.8. The molecule has 6 nitrogen and oxygen atoms in total. The zero-order valence-electron chi connectivity index (χ0n) is 14.8. The molecule has 0 aliphatic heterocycles. The summed E-state index contributed by atoms with van der Waals surface area (Å²) >= 11 is 0. The molecule has 6 heteroatoms. The number of amides is 2. The monoisotopic (exact) mass is 350 g/mol. The van der Waals surface area contributed by atoms with Gasteiger partial charge in [-0.05, 0) is 30.7 Å². The first-order valence-corrected chi connectivity index (χ1v) is 8.58. The molecule has 3 N–H and O–H groups in total. The van der Waals surface area contributed by atoms with Crippen molar-refractivity contribution in [2.75, 3.05) is 0 Å². The van der Waals surface area contributed by atoms with E-state index < -0.39 is 6.04 Å². The van der Waals surface area contributed by atoms with Crippen LogP contribution in [0.15, 0.2) is 54.9 Å². The topological polar surface area (TPSA) is 86.9 Å². The van der Waals surface area contributed by atoms with Crippen LogP contribution in [0.4, 0.5) is 0 Å². The van der Waals surface area contributed by atoms with Crippen LogP contribution in [0.25, 0.3) is 10.9 Å². The Morgan fingerprint density at radius 1 is 1.12 bits per heavy atom. The van der Waals surface area contributed by atoms with Crippen LogP contribution in [-0.4, -0.2) is 27.8 Å².